The summed E-state index contributed by atoms with van der Waals surface area (Å²) in [4.78, 5) is 0.269. The minimum atomic E-state index is -3.49. The molecule has 0 aliphatic carbocycles. The first kappa shape index (κ1) is 14.5. The van der Waals surface area contributed by atoms with Gasteiger partial charge in [-0.3, -0.25) is 0 Å². The van der Waals surface area contributed by atoms with Crippen LogP contribution in [0.3, 0.4) is 0 Å². The van der Waals surface area contributed by atoms with Crippen LogP contribution in [0.2, 0.25) is 0 Å². The molecule has 1 saturated heterocycles. The summed E-state index contributed by atoms with van der Waals surface area (Å²) in [6, 6.07) is 2.57. The molecule has 0 saturated carbocycles. The van der Waals surface area contributed by atoms with Crippen LogP contribution in [0.5, 0.6) is 0 Å². The molecule has 0 radical (unpaired) electrons. The maximum Gasteiger partial charge on any atom is 0.243 e. The van der Waals surface area contributed by atoms with E-state index in [0.717, 1.165) is 12.8 Å². The van der Waals surface area contributed by atoms with Crippen LogP contribution < -0.4 is 0 Å². The van der Waals surface area contributed by atoms with Crippen molar-refractivity contribution in [3.05, 3.63) is 29.1 Å². The van der Waals surface area contributed by atoms with Crippen LogP contribution in [0.1, 0.15) is 30.9 Å². The molecule has 19 heavy (non-hydrogen) atoms. The molecule has 1 aliphatic heterocycles. The van der Waals surface area contributed by atoms with Gasteiger partial charge in [-0.05, 0) is 49.4 Å². The lowest BCUT2D eigenvalue weighted by Crippen LogP contribution is -2.30. The number of sulfonamides is 1. The Morgan fingerprint density at radius 2 is 1.89 bits per heavy atom. The highest BCUT2D eigenvalue weighted by atomic mass is 32.2. The molecule has 106 valence electrons. The normalized spacial score (nSPS) is 20.9. The fourth-order valence-electron chi connectivity index (χ4n) is 2.78. The van der Waals surface area contributed by atoms with Crippen LogP contribution in [-0.4, -0.2) is 25.8 Å². The largest absolute Gasteiger partial charge is 0.243 e. The van der Waals surface area contributed by atoms with E-state index in [1.54, 1.807) is 13.8 Å². The summed E-state index contributed by atoms with van der Waals surface area (Å²) in [5, 5.41) is 0. The van der Waals surface area contributed by atoms with Crippen LogP contribution in [0.15, 0.2) is 17.0 Å². The average Bonchev–Trinajstić information content (AvgIpc) is 2.75. The standard InChI is InChI=1S/C14H20FNO2S/c1-4-12-5-6-16(9-12)19(17,18)14-10(2)7-13(15)8-11(14)3/h7-8,12H,4-6,9H2,1-3H3. The van der Waals surface area contributed by atoms with Gasteiger partial charge in [-0.2, -0.15) is 4.31 Å². The summed E-state index contributed by atoms with van der Waals surface area (Å²) < 4.78 is 40.1. The van der Waals surface area contributed by atoms with Crippen molar-refractivity contribution in [2.75, 3.05) is 13.1 Å². The second-order valence-corrected chi connectivity index (χ2v) is 7.17. The minimum absolute atomic E-state index is 0.269. The molecular weight excluding hydrogens is 265 g/mol. The Kier molecular flexibility index (Phi) is 3.97. The first-order valence-electron chi connectivity index (χ1n) is 6.63. The fourth-order valence-corrected chi connectivity index (χ4v) is 4.72. The number of rotatable bonds is 3. The summed E-state index contributed by atoms with van der Waals surface area (Å²) in [6.45, 7) is 6.52. The number of nitrogens with zero attached hydrogens (tertiary/aromatic N) is 1. The first-order valence-corrected chi connectivity index (χ1v) is 8.07. The predicted octanol–water partition coefficient (Wildman–Crippen LogP) is 2.86. The molecule has 1 aliphatic rings. The molecule has 1 aromatic carbocycles. The molecule has 0 amide bonds. The molecule has 0 N–H and O–H groups in total. The number of hydrogen-bond donors (Lipinski definition) is 0. The van der Waals surface area contributed by atoms with Gasteiger partial charge < -0.3 is 0 Å². The molecule has 1 heterocycles. The number of aryl methyl sites for hydroxylation is 2. The van der Waals surface area contributed by atoms with E-state index in [-0.39, 0.29) is 10.7 Å². The third kappa shape index (κ3) is 2.67. The molecule has 1 fully saturated rings. The molecule has 0 aromatic heterocycles. The fraction of sp³-hybridized carbons (Fsp3) is 0.571. The number of halogens is 1. The van der Waals surface area contributed by atoms with Gasteiger partial charge in [0.15, 0.2) is 0 Å². The van der Waals surface area contributed by atoms with Crippen molar-refractivity contribution >= 4 is 10.0 Å². The minimum Gasteiger partial charge on any atom is -0.207 e. The van der Waals surface area contributed by atoms with Crippen molar-refractivity contribution in [3.63, 3.8) is 0 Å². The lowest BCUT2D eigenvalue weighted by atomic mass is 10.1. The smallest absolute Gasteiger partial charge is 0.207 e. The SMILES string of the molecule is CCC1CCN(S(=O)(=O)c2c(C)cc(F)cc2C)C1. The maximum atomic E-state index is 13.3. The van der Waals surface area contributed by atoms with Crippen LogP contribution >= 0.6 is 0 Å². The zero-order valence-corrected chi connectivity index (χ0v) is 12.4. The average molecular weight is 285 g/mol. The van der Waals surface area contributed by atoms with Crippen LogP contribution in [0.4, 0.5) is 4.39 Å². The molecule has 1 unspecified atom stereocenters. The van der Waals surface area contributed by atoms with E-state index in [1.807, 2.05) is 0 Å². The Balaban J connectivity index is 2.41. The predicted molar refractivity (Wildman–Crippen MR) is 73.0 cm³/mol. The summed E-state index contributed by atoms with van der Waals surface area (Å²) in [5.74, 6) is 0.0534. The Labute approximate surface area is 114 Å². The van der Waals surface area contributed by atoms with Crippen molar-refractivity contribution < 1.29 is 12.8 Å². The van der Waals surface area contributed by atoms with Crippen molar-refractivity contribution in [2.24, 2.45) is 5.92 Å². The second kappa shape index (κ2) is 5.21. The topological polar surface area (TPSA) is 37.4 Å². The molecular formula is C14H20FNO2S. The van der Waals surface area contributed by atoms with Gasteiger partial charge in [-0.25, -0.2) is 12.8 Å². The van der Waals surface area contributed by atoms with Gasteiger partial charge in [-0.1, -0.05) is 13.3 Å². The van der Waals surface area contributed by atoms with Crippen LogP contribution in [0, 0.1) is 25.6 Å². The Bertz CT molecular complexity index is 560. The van der Waals surface area contributed by atoms with Crippen molar-refractivity contribution in [1.82, 2.24) is 4.31 Å². The van der Waals surface area contributed by atoms with Gasteiger partial charge in [0.2, 0.25) is 10.0 Å². The highest BCUT2D eigenvalue weighted by Crippen LogP contribution is 2.29. The lowest BCUT2D eigenvalue weighted by Gasteiger charge is -2.19. The Hall–Kier alpha value is -0.940. The quantitative estimate of drug-likeness (QED) is 0.856. The summed E-state index contributed by atoms with van der Waals surface area (Å²) in [6.07, 6.45) is 1.91. The zero-order valence-electron chi connectivity index (χ0n) is 11.6. The lowest BCUT2D eigenvalue weighted by molar-refractivity contribution is 0.452. The summed E-state index contributed by atoms with van der Waals surface area (Å²) in [7, 11) is -3.49. The van der Waals surface area contributed by atoms with E-state index in [9.17, 15) is 12.8 Å². The zero-order chi connectivity index (χ0) is 14.2. The molecule has 1 atom stereocenters. The van der Waals surface area contributed by atoms with Gasteiger partial charge in [-0.15, -0.1) is 0 Å². The van der Waals surface area contributed by atoms with E-state index in [1.165, 1.54) is 16.4 Å². The van der Waals surface area contributed by atoms with Gasteiger partial charge >= 0.3 is 0 Å². The van der Waals surface area contributed by atoms with E-state index in [0.29, 0.717) is 30.1 Å². The van der Waals surface area contributed by atoms with Crippen LogP contribution in [0.25, 0.3) is 0 Å². The molecule has 1 aromatic rings. The third-order valence-corrected chi connectivity index (χ3v) is 6.02. The Morgan fingerprint density at radius 1 is 1.32 bits per heavy atom. The first-order chi connectivity index (χ1) is 8.86. The Morgan fingerprint density at radius 3 is 2.37 bits per heavy atom. The van der Waals surface area contributed by atoms with E-state index in [2.05, 4.69) is 6.92 Å². The van der Waals surface area contributed by atoms with Gasteiger partial charge in [0, 0.05) is 13.1 Å². The summed E-state index contributed by atoms with van der Waals surface area (Å²) in [5.41, 5.74) is 0.967. The van der Waals surface area contributed by atoms with Crippen molar-refractivity contribution in [2.45, 2.75) is 38.5 Å². The molecule has 3 nitrogen and oxygen atoms in total. The van der Waals surface area contributed by atoms with Gasteiger partial charge in [0.1, 0.15) is 5.82 Å². The molecule has 2 rings (SSSR count). The van der Waals surface area contributed by atoms with Gasteiger partial charge in [0.05, 0.1) is 4.90 Å². The number of hydrogen-bond acceptors (Lipinski definition) is 2. The second-order valence-electron chi connectivity index (χ2n) is 5.29. The number of benzene rings is 1. The third-order valence-electron chi connectivity index (χ3n) is 3.85. The van der Waals surface area contributed by atoms with Crippen LogP contribution in [-0.2, 0) is 10.0 Å². The van der Waals surface area contributed by atoms with Crippen molar-refractivity contribution in [1.29, 1.82) is 0 Å². The molecule has 0 spiro atoms. The van der Waals surface area contributed by atoms with Crippen molar-refractivity contribution in [3.8, 4) is 0 Å². The molecule has 5 heteroatoms. The maximum absolute atomic E-state index is 13.3. The molecule has 0 bridgehead atoms. The van der Waals surface area contributed by atoms with Gasteiger partial charge in [0.25, 0.3) is 0 Å². The highest BCUT2D eigenvalue weighted by Gasteiger charge is 2.33. The van der Waals surface area contributed by atoms with E-state index >= 15 is 0 Å². The monoisotopic (exact) mass is 285 g/mol. The van der Waals surface area contributed by atoms with E-state index in [4.69, 9.17) is 0 Å². The summed E-state index contributed by atoms with van der Waals surface area (Å²) >= 11 is 0. The van der Waals surface area contributed by atoms with E-state index < -0.39 is 10.0 Å². The highest BCUT2D eigenvalue weighted by molar-refractivity contribution is 7.89.